The highest BCUT2D eigenvalue weighted by Gasteiger charge is 2.09. The molecule has 0 atom stereocenters. The minimum Gasteiger partial charge on any atom is -0.481 e. The van der Waals surface area contributed by atoms with Crippen molar-refractivity contribution in [2.24, 2.45) is 0 Å². The maximum Gasteiger partial charge on any atom is 0.307 e. The summed E-state index contributed by atoms with van der Waals surface area (Å²) >= 11 is 0. The van der Waals surface area contributed by atoms with Crippen LogP contribution in [0.25, 0.3) is 0 Å². The van der Waals surface area contributed by atoms with E-state index in [1.54, 1.807) is 0 Å². The molecule has 1 aromatic rings. The van der Waals surface area contributed by atoms with E-state index in [1.807, 2.05) is 0 Å². The number of hydrogen-bond donors (Lipinski definition) is 2. The number of hydrogen-bond acceptors (Lipinski definition) is 3. The molecule has 0 fully saturated rings. The van der Waals surface area contributed by atoms with Crippen LogP contribution < -0.4 is 0 Å². The van der Waals surface area contributed by atoms with Crippen LogP contribution in [0, 0.1) is 0 Å². The first-order valence-electron chi connectivity index (χ1n) is 4.96. The fraction of sp³-hybridized carbons (Fsp3) is 0.250. The van der Waals surface area contributed by atoms with Crippen LogP contribution in [-0.4, -0.2) is 27.9 Å². The van der Waals surface area contributed by atoms with Gasteiger partial charge in [0.1, 0.15) is 0 Å². The fourth-order valence-corrected chi connectivity index (χ4v) is 1.52. The Morgan fingerprint density at radius 2 is 1.35 bits per heavy atom. The van der Waals surface area contributed by atoms with Crippen LogP contribution in [0.3, 0.4) is 0 Å². The molecule has 90 valence electrons. The molecule has 0 radical (unpaired) electrons. The summed E-state index contributed by atoms with van der Waals surface area (Å²) in [5.41, 5.74) is 1.20. The van der Waals surface area contributed by atoms with Crippen LogP contribution in [-0.2, 0) is 22.4 Å². The summed E-state index contributed by atoms with van der Waals surface area (Å²) in [5.74, 6) is -2.26. The molecule has 0 unspecified atom stereocenters. The van der Waals surface area contributed by atoms with Crippen molar-refractivity contribution < 1.29 is 24.6 Å². The summed E-state index contributed by atoms with van der Waals surface area (Å²) in [5, 5.41) is 17.3. The van der Waals surface area contributed by atoms with E-state index < -0.39 is 11.9 Å². The zero-order valence-electron chi connectivity index (χ0n) is 9.27. The van der Waals surface area contributed by atoms with E-state index in [1.165, 1.54) is 25.1 Å². The van der Waals surface area contributed by atoms with Gasteiger partial charge in [0.2, 0.25) is 0 Å². The SMILES string of the molecule is CC(=O)c1cc(CC(=O)O)cc(CC(=O)O)c1. The van der Waals surface area contributed by atoms with Gasteiger partial charge in [-0.3, -0.25) is 14.4 Å². The highest BCUT2D eigenvalue weighted by Crippen LogP contribution is 2.13. The molecule has 0 saturated heterocycles. The van der Waals surface area contributed by atoms with Crippen molar-refractivity contribution >= 4 is 17.7 Å². The number of aliphatic carboxylic acids is 2. The van der Waals surface area contributed by atoms with Crippen LogP contribution >= 0.6 is 0 Å². The molecule has 0 aromatic heterocycles. The molecule has 0 spiro atoms. The molecule has 1 rings (SSSR count). The Labute approximate surface area is 97.7 Å². The van der Waals surface area contributed by atoms with Crippen LogP contribution in [0.15, 0.2) is 18.2 Å². The van der Waals surface area contributed by atoms with Crippen molar-refractivity contribution in [3.05, 3.63) is 34.9 Å². The average molecular weight is 236 g/mol. The number of ketones is 1. The normalized spacial score (nSPS) is 9.94. The Hall–Kier alpha value is -2.17. The summed E-state index contributed by atoms with van der Waals surface area (Å²) in [6.45, 7) is 1.35. The Balaban J connectivity index is 3.13. The number of carbonyl (C=O) groups is 3. The average Bonchev–Trinajstić information content (AvgIpc) is 2.14. The molecule has 0 heterocycles. The minimum absolute atomic E-state index is 0.219. The molecule has 0 aliphatic heterocycles. The lowest BCUT2D eigenvalue weighted by Crippen LogP contribution is -2.06. The van der Waals surface area contributed by atoms with Crippen molar-refractivity contribution in [3.63, 3.8) is 0 Å². The highest BCUT2D eigenvalue weighted by molar-refractivity contribution is 5.94. The number of carboxylic acid groups (broad SMARTS) is 2. The van der Waals surface area contributed by atoms with E-state index in [4.69, 9.17) is 10.2 Å². The van der Waals surface area contributed by atoms with E-state index in [-0.39, 0.29) is 18.6 Å². The molecule has 0 bridgehead atoms. The van der Waals surface area contributed by atoms with Gasteiger partial charge in [-0.25, -0.2) is 0 Å². The van der Waals surface area contributed by atoms with E-state index in [0.717, 1.165) is 0 Å². The van der Waals surface area contributed by atoms with Gasteiger partial charge in [0, 0.05) is 5.56 Å². The second-order valence-corrected chi connectivity index (χ2v) is 3.74. The van der Waals surface area contributed by atoms with Gasteiger partial charge >= 0.3 is 11.9 Å². The van der Waals surface area contributed by atoms with Crippen LogP contribution in [0.4, 0.5) is 0 Å². The lowest BCUT2D eigenvalue weighted by Gasteiger charge is -2.05. The minimum atomic E-state index is -1.02. The second-order valence-electron chi connectivity index (χ2n) is 3.74. The Morgan fingerprint density at radius 1 is 0.941 bits per heavy atom. The van der Waals surface area contributed by atoms with Gasteiger partial charge in [-0.2, -0.15) is 0 Å². The zero-order valence-corrected chi connectivity index (χ0v) is 9.27. The predicted octanol–water partition coefficient (Wildman–Crippen LogP) is 1.14. The lowest BCUT2D eigenvalue weighted by molar-refractivity contribution is -0.137. The Kier molecular flexibility index (Phi) is 3.98. The number of carbonyl (C=O) groups excluding carboxylic acids is 1. The van der Waals surface area contributed by atoms with Crippen molar-refractivity contribution in [3.8, 4) is 0 Å². The van der Waals surface area contributed by atoms with Gasteiger partial charge in [-0.1, -0.05) is 6.07 Å². The molecule has 0 aliphatic rings. The molecule has 0 aliphatic carbocycles. The molecule has 0 amide bonds. The van der Waals surface area contributed by atoms with Gasteiger partial charge < -0.3 is 10.2 Å². The molecular formula is C12H12O5. The lowest BCUT2D eigenvalue weighted by atomic mass is 10.00. The Morgan fingerprint density at radius 3 is 1.65 bits per heavy atom. The van der Waals surface area contributed by atoms with Gasteiger partial charge in [0.25, 0.3) is 0 Å². The number of benzene rings is 1. The predicted molar refractivity (Wildman–Crippen MR) is 59.1 cm³/mol. The fourth-order valence-electron chi connectivity index (χ4n) is 1.52. The third-order valence-electron chi connectivity index (χ3n) is 2.17. The topological polar surface area (TPSA) is 91.7 Å². The molecule has 1 aromatic carbocycles. The number of Topliss-reactive ketones (excluding diaryl/α,β-unsaturated/α-hetero) is 1. The zero-order chi connectivity index (χ0) is 13.0. The van der Waals surface area contributed by atoms with Crippen LogP contribution in [0.1, 0.15) is 28.4 Å². The van der Waals surface area contributed by atoms with E-state index in [0.29, 0.717) is 16.7 Å². The largest absolute Gasteiger partial charge is 0.481 e. The summed E-state index contributed by atoms with van der Waals surface area (Å²) in [6.07, 6.45) is -0.457. The number of rotatable bonds is 5. The maximum absolute atomic E-state index is 11.2. The molecular weight excluding hydrogens is 224 g/mol. The Bertz CT molecular complexity index is 442. The molecule has 5 heteroatoms. The summed E-state index contributed by atoms with van der Waals surface area (Å²) in [6, 6.07) is 4.44. The van der Waals surface area contributed by atoms with Gasteiger partial charge in [-0.05, 0) is 30.2 Å². The quantitative estimate of drug-likeness (QED) is 0.748. The van der Waals surface area contributed by atoms with E-state index in [2.05, 4.69) is 0 Å². The molecule has 5 nitrogen and oxygen atoms in total. The first-order chi connectivity index (χ1) is 7.88. The number of carboxylic acids is 2. The van der Waals surface area contributed by atoms with Gasteiger partial charge in [-0.15, -0.1) is 0 Å². The smallest absolute Gasteiger partial charge is 0.307 e. The van der Waals surface area contributed by atoms with Crippen molar-refractivity contribution in [1.29, 1.82) is 0 Å². The van der Waals surface area contributed by atoms with Gasteiger partial charge in [0.15, 0.2) is 5.78 Å². The van der Waals surface area contributed by atoms with Crippen molar-refractivity contribution in [2.45, 2.75) is 19.8 Å². The van der Waals surface area contributed by atoms with Crippen molar-refractivity contribution in [2.75, 3.05) is 0 Å². The summed E-state index contributed by atoms with van der Waals surface area (Å²) in [7, 11) is 0. The third-order valence-corrected chi connectivity index (χ3v) is 2.17. The summed E-state index contributed by atoms with van der Waals surface area (Å²) < 4.78 is 0. The third kappa shape index (κ3) is 4.06. The highest BCUT2D eigenvalue weighted by atomic mass is 16.4. The maximum atomic E-state index is 11.2. The van der Waals surface area contributed by atoms with Crippen LogP contribution in [0.5, 0.6) is 0 Å². The van der Waals surface area contributed by atoms with E-state index in [9.17, 15) is 14.4 Å². The second kappa shape index (κ2) is 5.25. The monoisotopic (exact) mass is 236 g/mol. The molecule has 0 saturated carbocycles. The molecule has 17 heavy (non-hydrogen) atoms. The van der Waals surface area contributed by atoms with E-state index >= 15 is 0 Å². The molecule has 2 N–H and O–H groups in total. The standard InChI is InChI=1S/C12H12O5/c1-7(13)10-3-8(5-11(14)15)2-9(4-10)6-12(16)17/h2-4H,5-6H2,1H3,(H,14,15)(H,16,17). The first-order valence-corrected chi connectivity index (χ1v) is 4.96. The van der Waals surface area contributed by atoms with Crippen molar-refractivity contribution in [1.82, 2.24) is 0 Å². The first kappa shape index (κ1) is 12.9. The van der Waals surface area contributed by atoms with Gasteiger partial charge in [0.05, 0.1) is 12.8 Å². The van der Waals surface area contributed by atoms with Crippen LogP contribution in [0.2, 0.25) is 0 Å². The summed E-state index contributed by atoms with van der Waals surface area (Å²) in [4.78, 5) is 32.4.